The average molecular weight is 475 g/mol. The predicted octanol–water partition coefficient (Wildman–Crippen LogP) is 5.04. The van der Waals surface area contributed by atoms with Gasteiger partial charge in [0, 0.05) is 22.2 Å². The third-order valence-electron chi connectivity index (χ3n) is 4.74. The van der Waals surface area contributed by atoms with Gasteiger partial charge in [-0.05, 0) is 49.4 Å². The number of rotatable bonds is 6. The van der Waals surface area contributed by atoms with E-state index in [1.807, 2.05) is 12.3 Å². The van der Waals surface area contributed by atoms with Gasteiger partial charge in [0.25, 0.3) is 15.9 Å². The van der Waals surface area contributed by atoms with Gasteiger partial charge in [0.15, 0.2) is 5.13 Å². The molecule has 2 N–H and O–H groups in total. The molecule has 0 unspecified atom stereocenters. The van der Waals surface area contributed by atoms with Crippen LogP contribution in [0.15, 0.2) is 83.1 Å². The van der Waals surface area contributed by atoms with Gasteiger partial charge in [0.2, 0.25) is 0 Å². The fourth-order valence-electron chi connectivity index (χ4n) is 3.00. The highest BCUT2D eigenvalue weighted by atomic mass is 32.2. The number of nitriles is 1. The molecule has 164 valence electrons. The van der Waals surface area contributed by atoms with Gasteiger partial charge in [0.1, 0.15) is 0 Å². The summed E-state index contributed by atoms with van der Waals surface area (Å²) in [5.41, 5.74) is 3.59. The Bertz CT molecular complexity index is 1450. The first-order valence-corrected chi connectivity index (χ1v) is 12.2. The van der Waals surface area contributed by atoms with E-state index in [2.05, 4.69) is 21.1 Å². The van der Waals surface area contributed by atoms with Crippen molar-refractivity contribution in [3.63, 3.8) is 0 Å². The Morgan fingerprint density at radius 2 is 1.76 bits per heavy atom. The molecule has 0 bridgehead atoms. The molecule has 4 rings (SSSR count). The highest BCUT2D eigenvalue weighted by Gasteiger charge is 2.16. The lowest BCUT2D eigenvalue weighted by atomic mass is 10.1. The molecule has 0 radical (unpaired) electrons. The minimum Gasteiger partial charge on any atom is -0.298 e. The van der Waals surface area contributed by atoms with E-state index in [0.29, 0.717) is 16.4 Å². The first-order valence-electron chi connectivity index (χ1n) is 9.81. The molecule has 0 fully saturated rings. The van der Waals surface area contributed by atoms with Crippen molar-refractivity contribution in [1.29, 1.82) is 5.26 Å². The van der Waals surface area contributed by atoms with Crippen LogP contribution in [0.5, 0.6) is 0 Å². The molecule has 0 atom stereocenters. The van der Waals surface area contributed by atoms with Crippen LogP contribution in [0, 0.1) is 18.3 Å². The van der Waals surface area contributed by atoms with E-state index in [1.165, 1.54) is 29.5 Å². The number of hydrogen-bond donors (Lipinski definition) is 2. The number of aryl methyl sites for hydroxylation is 1. The van der Waals surface area contributed by atoms with Crippen molar-refractivity contribution in [1.82, 2.24) is 4.98 Å². The van der Waals surface area contributed by atoms with Gasteiger partial charge in [-0.1, -0.05) is 35.9 Å². The van der Waals surface area contributed by atoms with Crippen LogP contribution in [-0.2, 0) is 10.0 Å². The normalized spacial score (nSPS) is 10.9. The van der Waals surface area contributed by atoms with Gasteiger partial charge >= 0.3 is 0 Å². The average Bonchev–Trinajstić information content (AvgIpc) is 3.28. The zero-order valence-corrected chi connectivity index (χ0v) is 19.1. The van der Waals surface area contributed by atoms with Crippen LogP contribution < -0.4 is 10.0 Å². The maximum Gasteiger partial charge on any atom is 0.261 e. The third-order valence-corrected chi connectivity index (χ3v) is 6.90. The Kier molecular flexibility index (Phi) is 6.22. The number of amides is 1. The molecule has 9 heteroatoms. The van der Waals surface area contributed by atoms with Crippen molar-refractivity contribution < 1.29 is 13.2 Å². The van der Waals surface area contributed by atoms with Gasteiger partial charge in [-0.2, -0.15) is 5.26 Å². The van der Waals surface area contributed by atoms with E-state index in [9.17, 15) is 13.2 Å². The van der Waals surface area contributed by atoms with Gasteiger partial charge in [-0.15, -0.1) is 11.3 Å². The van der Waals surface area contributed by atoms with E-state index >= 15 is 0 Å². The largest absolute Gasteiger partial charge is 0.298 e. The van der Waals surface area contributed by atoms with Gasteiger partial charge < -0.3 is 0 Å². The van der Waals surface area contributed by atoms with E-state index in [4.69, 9.17) is 5.26 Å². The van der Waals surface area contributed by atoms with Crippen molar-refractivity contribution >= 4 is 38.1 Å². The Labute approximate surface area is 195 Å². The van der Waals surface area contributed by atoms with Crippen LogP contribution in [0.2, 0.25) is 0 Å². The predicted molar refractivity (Wildman–Crippen MR) is 129 cm³/mol. The van der Waals surface area contributed by atoms with Crippen LogP contribution >= 0.6 is 11.3 Å². The van der Waals surface area contributed by atoms with E-state index in [-0.39, 0.29) is 16.1 Å². The van der Waals surface area contributed by atoms with Crippen LogP contribution in [0.25, 0.3) is 11.3 Å². The van der Waals surface area contributed by atoms with Crippen LogP contribution in [0.1, 0.15) is 21.5 Å². The lowest BCUT2D eigenvalue weighted by molar-refractivity contribution is 0.102. The van der Waals surface area contributed by atoms with E-state index < -0.39 is 15.9 Å². The molecule has 0 spiro atoms. The monoisotopic (exact) mass is 474 g/mol. The standard InChI is InChI=1S/C24H18N4O3S2/c1-16-5-11-21(12-6-16)33(30,31)28-20-4-2-3-19(13-20)23(29)27-24-26-22(15-32-24)18-9-7-17(14-25)8-10-18/h2-13,15,28H,1H3,(H,26,27,29). The summed E-state index contributed by atoms with van der Waals surface area (Å²) >= 11 is 1.27. The summed E-state index contributed by atoms with van der Waals surface area (Å²) in [6.45, 7) is 1.88. The number of carbonyl (C=O) groups excluding carboxylic acids is 1. The zero-order valence-electron chi connectivity index (χ0n) is 17.4. The number of carbonyl (C=O) groups is 1. The zero-order chi connectivity index (χ0) is 23.4. The summed E-state index contributed by atoms with van der Waals surface area (Å²) in [5, 5.41) is 13.9. The maximum absolute atomic E-state index is 12.7. The van der Waals surface area contributed by atoms with Crippen LogP contribution in [-0.4, -0.2) is 19.3 Å². The van der Waals surface area contributed by atoms with Gasteiger partial charge in [-0.25, -0.2) is 13.4 Å². The lowest BCUT2D eigenvalue weighted by Gasteiger charge is -2.10. The fourth-order valence-corrected chi connectivity index (χ4v) is 4.77. The van der Waals surface area contributed by atoms with Gasteiger partial charge in [-0.3, -0.25) is 14.8 Å². The third kappa shape index (κ3) is 5.26. The molecule has 33 heavy (non-hydrogen) atoms. The van der Waals surface area contributed by atoms with Crippen LogP contribution in [0.4, 0.5) is 10.8 Å². The van der Waals surface area contributed by atoms with Crippen molar-refractivity contribution in [3.05, 3.63) is 94.9 Å². The van der Waals surface area contributed by atoms with Crippen molar-refractivity contribution in [2.45, 2.75) is 11.8 Å². The number of benzene rings is 3. The molecule has 0 saturated heterocycles. The molecular formula is C24H18N4O3S2. The molecule has 3 aromatic carbocycles. The summed E-state index contributed by atoms with van der Waals surface area (Å²) in [5.74, 6) is -0.410. The molecular weight excluding hydrogens is 456 g/mol. The Morgan fingerprint density at radius 3 is 2.45 bits per heavy atom. The molecule has 1 heterocycles. The number of hydrogen-bond acceptors (Lipinski definition) is 6. The molecule has 0 aliphatic rings. The minimum absolute atomic E-state index is 0.140. The molecule has 4 aromatic rings. The topological polar surface area (TPSA) is 112 Å². The lowest BCUT2D eigenvalue weighted by Crippen LogP contribution is -2.15. The Hall–Kier alpha value is -4.00. The quantitative estimate of drug-likeness (QED) is 0.406. The summed E-state index contributed by atoms with van der Waals surface area (Å²) in [4.78, 5) is 17.3. The summed E-state index contributed by atoms with van der Waals surface area (Å²) in [6, 6.07) is 21.8. The molecule has 0 saturated carbocycles. The van der Waals surface area contributed by atoms with Crippen molar-refractivity contribution in [2.75, 3.05) is 10.0 Å². The molecule has 0 aliphatic heterocycles. The SMILES string of the molecule is Cc1ccc(S(=O)(=O)Nc2cccc(C(=O)Nc3nc(-c4ccc(C#N)cc4)cs3)c2)cc1. The fraction of sp³-hybridized carbons (Fsp3) is 0.0417. The second-order valence-electron chi connectivity index (χ2n) is 7.18. The highest BCUT2D eigenvalue weighted by Crippen LogP contribution is 2.26. The summed E-state index contributed by atoms with van der Waals surface area (Å²) in [7, 11) is -3.78. The summed E-state index contributed by atoms with van der Waals surface area (Å²) < 4.78 is 27.8. The number of anilines is 2. The highest BCUT2D eigenvalue weighted by molar-refractivity contribution is 7.92. The molecule has 1 amide bonds. The number of thiazole rings is 1. The second kappa shape index (κ2) is 9.24. The number of aromatic nitrogens is 1. The number of sulfonamides is 1. The van der Waals surface area contributed by atoms with Crippen molar-refractivity contribution in [2.24, 2.45) is 0 Å². The van der Waals surface area contributed by atoms with Crippen molar-refractivity contribution in [3.8, 4) is 17.3 Å². The first-order chi connectivity index (χ1) is 15.8. The minimum atomic E-state index is -3.78. The molecule has 0 aliphatic carbocycles. The van der Waals surface area contributed by atoms with E-state index in [1.54, 1.807) is 54.6 Å². The Morgan fingerprint density at radius 1 is 1.03 bits per heavy atom. The first kappa shape index (κ1) is 22.2. The number of nitrogens with zero attached hydrogens (tertiary/aromatic N) is 2. The Balaban J connectivity index is 1.47. The molecule has 7 nitrogen and oxygen atoms in total. The number of nitrogens with one attached hydrogen (secondary N) is 2. The second-order valence-corrected chi connectivity index (χ2v) is 9.72. The maximum atomic E-state index is 12.7. The van der Waals surface area contributed by atoms with E-state index in [0.717, 1.165) is 11.1 Å². The van der Waals surface area contributed by atoms with Gasteiger partial charge in [0.05, 0.1) is 22.2 Å². The van der Waals surface area contributed by atoms with Crippen LogP contribution in [0.3, 0.4) is 0 Å². The smallest absolute Gasteiger partial charge is 0.261 e. The molecule has 1 aromatic heterocycles. The summed E-state index contributed by atoms with van der Waals surface area (Å²) in [6.07, 6.45) is 0.